The maximum Gasteiger partial charge on any atom is 0.313 e. The quantitative estimate of drug-likeness (QED) is 0.765. The lowest BCUT2D eigenvalue weighted by Crippen LogP contribution is -2.37. The number of carbonyl (C=O) groups is 3. The van der Waals surface area contributed by atoms with E-state index >= 15 is 0 Å². The molecule has 1 amide bonds. The Labute approximate surface area is 115 Å². The van der Waals surface area contributed by atoms with Gasteiger partial charge in [0.1, 0.15) is 0 Å². The Morgan fingerprint density at radius 2 is 2.00 bits per heavy atom. The summed E-state index contributed by atoms with van der Waals surface area (Å²) in [5.74, 6) is -1.84. The van der Waals surface area contributed by atoms with Gasteiger partial charge in [0.15, 0.2) is 0 Å². The molecule has 2 N–H and O–H groups in total. The van der Waals surface area contributed by atoms with Crippen LogP contribution in [0.25, 0.3) is 0 Å². The van der Waals surface area contributed by atoms with Crippen LogP contribution >= 0.6 is 11.8 Å². The first-order chi connectivity index (χ1) is 8.95. The molecule has 2 atom stereocenters. The summed E-state index contributed by atoms with van der Waals surface area (Å²) >= 11 is 1.05. The number of nitrogens with zero attached hydrogens (tertiary/aromatic N) is 1. The molecule has 106 valence electrons. The van der Waals surface area contributed by atoms with Gasteiger partial charge in [-0.2, -0.15) is 0 Å². The van der Waals surface area contributed by atoms with Gasteiger partial charge in [-0.1, -0.05) is 6.42 Å². The Balaban J connectivity index is 1.92. The highest BCUT2D eigenvalue weighted by atomic mass is 32.2. The first-order valence-electron chi connectivity index (χ1n) is 6.26. The lowest BCUT2D eigenvalue weighted by Gasteiger charge is -2.23. The first kappa shape index (κ1) is 14.2. The van der Waals surface area contributed by atoms with Crippen molar-refractivity contribution < 1.29 is 24.6 Å². The van der Waals surface area contributed by atoms with Gasteiger partial charge in [0, 0.05) is 13.1 Å². The minimum atomic E-state index is -0.946. The van der Waals surface area contributed by atoms with Gasteiger partial charge in [0.2, 0.25) is 5.91 Å². The predicted octanol–water partition coefficient (Wildman–Crippen LogP) is 0.518. The van der Waals surface area contributed by atoms with Gasteiger partial charge >= 0.3 is 11.9 Å². The van der Waals surface area contributed by atoms with Gasteiger partial charge in [-0.25, -0.2) is 0 Å². The topological polar surface area (TPSA) is 94.9 Å². The Morgan fingerprint density at radius 3 is 2.58 bits per heavy atom. The third-order valence-electron chi connectivity index (χ3n) is 4.10. The third-order valence-corrected chi connectivity index (χ3v) is 5.00. The van der Waals surface area contributed by atoms with Gasteiger partial charge in [-0.05, 0) is 18.8 Å². The summed E-state index contributed by atoms with van der Waals surface area (Å²) in [6.45, 7) is 0.776. The van der Waals surface area contributed by atoms with E-state index in [1.54, 1.807) is 4.90 Å². The zero-order valence-electron chi connectivity index (χ0n) is 10.5. The van der Waals surface area contributed by atoms with Crippen molar-refractivity contribution in [2.75, 3.05) is 24.6 Å². The molecule has 0 aromatic heterocycles. The van der Waals surface area contributed by atoms with Gasteiger partial charge in [0.25, 0.3) is 0 Å². The fourth-order valence-corrected chi connectivity index (χ4v) is 3.78. The molecule has 2 fully saturated rings. The van der Waals surface area contributed by atoms with Crippen LogP contribution in [0.15, 0.2) is 0 Å². The average Bonchev–Trinajstić information content (AvgIpc) is 2.84. The molecule has 1 aliphatic heterocycles. The van der Waals surface area contributed by atoms with Crippen LogP contribution in [0.3, 0.4) is 0 Å². The molecular formula is C12H17NO5S. The number of hydrogen-bond donors (Lipinski definition) is 2. The number of thioether (sulfide) groups is 1. The van der Waals surface area contributed by atoms with E-state index in [1.165, 1.54) is 0 Å². The monoisotopic (exact) mass is 287 g/mol. The Hall–Kier alpha value is -1.24. The van der Waals surface area contributed by atoms with Crippen molar-refractivity contribution in [3.8, 4) is 0 Å². The SMILES string of the molecule is O=C(O)CSCC(=O)N1C[C@@H]2CCC[C@@]2(C(=O)O)C1. The third kappa shape index (κ3) is 2.70. The normalized spacial score (nSPS) is 29.3. The standard InChI is InChI=1S/C12H17NO5S/c14-9(5-19-6-10(15)16)13-4-8-2-1-3-12(8,7-13)11(17)18/h8H,1-7H2,(H,15,16)(H,17,18)/t8-,12+/m0/s1. The molecule has 19 heavy (non-hydrogen) atoms. The number of carboxylic acid groups (broad SMARTS) is 2. The van der Waals surface area contributed by atoms with E-state index in [-0.39, 0.29) is 29.9 Å². The highest BCUT2D eigenvalue weighted by molar-refractivity contribution is 8.00. The van der Waals surface area contributed by atoms with Gasteiger partial charge in [-0.15, -0.1) is 11.8 Å². The molecule has 0 aromatic rings. The van der Waals surface area contributed by atoms with E-state index in [2.05, 4.69) is 0 Å². The zero-order chi connectivity index (χ0) is 14.0. The number of amides is 1. The van der Waals surface area contributed by atoms with Crippen molar-refractivity contribution in [2.45, 2.75) is 19.3 Å². The fraction of sp³-hybridized carbons (Fsp3) is 0.750. The molecule has 7 heteroatoms. The second kappa shape index (κ2) is 5.40. The molecule has 6 nitrogen and oxygen atoms in total. The van der Waals surface area contributed by atoms with Crippen LogP contribution in [-0.4, -0.2) is 57.6 Å². The van der Waals surface area contributed by atoms with Crippen molar-refractivity contribution >= 4 is 29.6 Å². The number of fused-ring (bicyclic) bond motifs is 1. The van der Waals surface area contributed by atoms with Crippen LogP contribution in [0.5, 0.6) is 0 Å². The molecule has 0 unspecified atom stereocenters. The van der Waals surface area contributed by atoms with Gasteiger partial charge in [-0.3, -0.25) is 14.4 Å². The van der Waals surface area contributed by atoms with E-state index in [0.717, 1.165) is 24.6 Å². The van der Waals surface area contributed by atoms with Crippen LogP contribution in [-0.2, 0) is 14.4 Å². The predicted molar refractivity (Wildman–Crippen MR) is 69.0 cm³/mol. The minimum Gasteiger partial charge on any atom is -0.481 e. The summed E-state index contributed by atoms with van der Waals surface area (Å²) in [6, 6.07) is 0. The lowest BCUT2D eigenvalue weighted by molar-refractivity contribution is -0.149. The summed E-state index contributed by atoms with van der Waals surface area (Å²) in [4.78, 5) is 35.4. The van der Waals surface area contributed by atoms with Crippen molar-refractivity contribution in [3.05, 3.63) is 0 Å². The Morgan fingerprint density at radius 1 is 1.26 bits per heavy atom. The van der Waals surface area contributed by atoms with E-state index < -0.39 is 17.4 Å². The van der Waals surface area contributed by atoms with Crippen LogP contribution in [0.4, 0.5) is 0 Å². The number of rotatable bonds is 5. The zero-order valence-corrected chi connectivity index (χ0v) is 11.3. The molecular weight excluding hydrogens is 270 g/mol. The largest absolute Gasteiger partial charge is 0.481 e. The number of carbonyl (C=O) groups excluding carboxylic acids is 1. The molecule has 1 saturated carbocycles. The van der Waals surface area contributed by atoms with Crippen LogP contribution in [0.1, 0.15) is 19.3 Å². The first-order valence-corrected chi connectivity index (χ1v) is 7.42. The maximum absolute atomic E-state index is 11.9. The highest BCUT2D eigenvalue weighted by Crippen LogP contribution is 2.48. The van der Waals surface area contributed by atoms with E-state index in [0.29, 0.717) is 13.0 Å². The lowest BCUT2D eigenvalue weighted by atomic mass is 9.81. The number of hydrogen-bond acceptors (Lipinski definition) is 4. The molecule has 0 radical (unpaired) electrons. The average molecular weight is 287 g/mol. The van der Waals surface area contributed by atoms with Gasteiger partial charge < -0.3 is 15.1 Å². The Kier molecular flexibility index (Phi) is 4.03. The fourth-order valence-electron chi connectivity index (χ4n) is 3.15. The summed E-state index contributed by atoms with van der Waals surface area (Å²) in [5.41, 5.74) is -0.757. The molecule has 2 aliphatic rings. The molecule has 2 rings (SSSR count). The highest BCUT2D eigenvalue weighted by Gasteiger charge is 2.55. The molecule has 0 aromatic carbocycles. The minimum absolute atomic E-state index is 0.0541. The summed E-state index contributed by atoms with van der Waals surface area (Å²) < 4.78 is 0. The van der Waals surface area contributed by atoms with Crippen LogP contribution in [0.2, 0.25) is 0 Å². The molecule has 0 bridgehead atoms. The van der Waals surface area contributed by atoms with E-state index in [4.69, 9.17) is 5.11 Å². The molecule has 1 saturated heterocycles. The van der Waals surface area contributed by atoms with Crippen molar-refractivity contribution in [1.29, 1.82) is 0 Å². The maximum atomic E-state index is 11.9. The molecule has 1 heterocycles. The number of carboxylic acids is 2. The summed E-state index contributed by atoms with van der Waals surface area (Å²) in [5, 5.41) is 17.9. The van der Waals surface area contributed by atoms with Crippen LogP contribution in [0, 0.1) is 11.3 Å². The van der Waals surface area contributed by atoms with Crippen molar-refractivity contribution in [1.82, 2.24) is 4.90 Å². The summed E-state index contributed by atoms with van der Waals surface area (Å²) in [7, 11) is 0. The molecule has 0 spiro atoms. The van der Waals surface area contributed by atoms with Gasteiger partial charge in [0.05, 0.1) is 16.9 Å². The smallest absolute Gasteiger partial charge is 0.313 e. The molecule has 1 aliphatic carbocycles. The van der Waals surface area contributed by atoms with Crippen molar-refractivity contribution in [2.24, 2.45) is 11.3 Å². The Bertz CT molecular complexity index is 413. The van der Waals surface area contributed by atoms with E-state index in [1.807, 2.05) is 0 Å². The summed E-state index contributed by atoms with van der Waals surface area (Å²) in [6.07, 6.45) is 2.41. The van der Waals surface area contributed by atoms with Crippen LogP contribution < -0.4 is 0 Å². The second-order valence-corrected chi connectivity index (χ2v) is 6.20. The number of likely N-dealkylation sites (tertiary alicyclic amines) is 1. The van der Waals surface area contributed by atoms with Crippen molar-refractivity contribution in [3.63, 3.8) is 0 Å². The second-order valence-electron chi connectivity index (χ2n) is 5.21. The van der Waals surface area contributed by atoms with E-state index in [9.17, 15) is 19.5 Å². The number of aliphatic carboxylic acids is 2.